The number of aliphatic carboxylic acids is 1. The van der Waals surface area contributed by atoms with E-state index in [1.54, 1.807) is 0 Å². The van der Waals surface area contributed by atoms with Crippen molar-refractivity contribution in [2.24, 2.45) is 5.92 Å². The molecular formula is C15H18BrNO4. The van der Waals surface area contributed by atoms with Gasteiger partial charge in [-0.25, -0.2) is 0 Å². The van der Waals surface area contributed by atoms with Crippen molar-refractivity contribution in [1.29, 1.82) is 0 Å². The Bertz CT molecular complexity index is 497. The third-order valence-electron chi connectivity index (χ3n) is 3.50. The number of hydrogen-bond donors (Lipinski definition) is 2. The first-order valence-electron chi connectivity index (χ1n) is 6.91. The van der Waals surface area contributed by atoms with E-state index in [1.165, 1.54) is 0 Å². The minimum Gasteiger partial charge on any atom is -0.481 e. The molecule has 2 rings (SSSR count). The summed E-state index contributed by atoms with van der Waals surface area (Å²) in [5.41, 5.74) is 0.783. The van der Waals surface area contributed by atoms with Crippen LogP contribution < -0.4 is 5.32 Å². The van der Waals surface area contributed by atoms with Gasteiger partial charge in [-0.3, -0.25) is 9.59 Å². The molecule has 0 unspecified atom stereocenters. The summed E-state index contributed by atoms with van der Waals surface area (Å²) in [5, 5.41) is 11.9. The second-order valence-electron chi connectivity index (χ2n) is 5.12. The molecule has 1 aromatic carbocycles. The zero-order chi connectivity index (χ0) is 15.2. The summed E-state index contributed by atoms with van der Waals surface area (Å²) in [6, 6.07) is 6.77. The molecule has 2 atom stereocenters. The van der Waals surface area contributed by atoms with Gasteiger partial charge in [-0.15, -0.1) is 0 Å². The third kappa shape index (κ3) is 4.82. The lowest BCUT2D eigenvalue weighted by Crippen LogP contribution is -2.38. The number of carbonyl (C=O) groups excluding carboxylic acids is 1. The van der Waals surface area contributed by atoms with Gasteiger partial charge in [0.2, 0.25) is 5.91 Å². The molecule has 6 heteroatoms. The molecule has 5 nitrogen and oxygen atoms in total. The molecule has 0 bridgehead atoms. The molecule has 0 aromatic heterocycles. The van der Waals surface area contributed by atoms with Gasteiger partial charge in [0.15, 0.2) is 0 Å². The van der Waals surface area contributed by atoms with E-state index < -0.39 is 12.0 Å². The van der Waals surface area contributed by atoms with Gasteiger partial charge in [-0.1, -0.05) is 28.1 Å². The molecule has 1 aromatic rings. The predicted octanol–water partition coefficient (Wildman–Crippen LogP) is 2.51. The highest BCUT2D eigenvalue weighted by Gasteiger charge is 2.25. The molecular weight excluding hydrogens is 338 g/mol. The van der Waals surface area contributed by atoms with Crippen LogP contribution in [0.25, 0.3) is 0 Å². The Morgan fingerprint density at radius 2 is 2.10 bits per heavy atom. The van der Waals surface area contributed by atoms with Crippen molar-refractivity contribution in [1.82, 2.24) is 5.32 Å². The largest absolute Gasteiger partial charge is 0.481 e. The summed E-state index contributed by atoms with van der Waals surface area (Å²) in [4.78, 5) is 23.3. The van der Waals surface area contributed by atoms with Crippen molar-refractivity contribution in [3.8, 4) is 0 Å². The van der Waals surface area contributed by atoms with Crippen LogP contribution in [0.1, 0.15) is 30.9 Å². The fraction of sp³-hybridized carbons (Fsp3) is 0.467. The average Bonchev–Trinajstić information content (AvgIpc) is 2.48. The number of hydrogen-bond acceptors (Lipinski definition) is 3. The van der Waals surface area contributed by atoms with Gasteiger partial charge in [0.25, 0.3) is 0 Å². The van der Waals surface area contributed by atoms with Gasteiger partial charge < -0.3 is 15.2 Å². The highest BCUT2D eigenvalue weighted by atomic mass is 79.9. The van der Waals surface area contributed by atoms with E-state index in [2.05, 4.69) is 21.2 Å². The lowest BCUT2D eigenvalue weighted by Gasteiger charge is -2.24. The Balaban J connectivity index is 2.06. The van der Waals surface area contributed by atoms with Gasteiger partial charge in [-0.05, 0) is 30.5 Å². The van der Waals surface area contributed by atoms with Crippen LogP contribution in [-0.4, -0.2) is 30.2 Å². The maximum Gasteiger partial charge on any atom is 0.305 e. The molecule has 114 valence electrons. The molecule has 1 amide bonds. The van der Waals surface area contributed by atoms with Crippen LogP contribution in [0.15, 0.2) is 28.7 Å². The molecule has 1 aliphatic heterocycles. The van der Waals surface area contributed by atoms with E-state index in [4.69, 9.17) is 9.84 Å². The van der Waals surface area contributed by atoms with Crippen LogP contribution in [0.3, 0.4) is 0 Å². The molecule has 1 aliphatic rings. The lowest BCUT2D eigenvalue weighted by molar-refractivity contribution is -0.138. The minimum atomic E-state index is -0.942. The number of carboxylic acids is 1. The van der Waals surface area contributed by atoms with E-state index >= 15 is 0 Å². The third-order valence-corrected chi connectivity index (χ3v) is 4.03. The first-order chi connectivity index (χ1) is 10.1. The van der Waals surface area contributed by atoms with Gasteiger partial charge in [0.1, 0.15) is 0 Å². The Hall–Kier alpha value is -1.40. The van der Waals surface area contributed by atoms with Crippen molar-refractivity contribution in [3.05, 3.63) is 34.3 Å². The molecule has 1 heterocycles. The minimum absolute atomic E-state index is 0.135. The van der Waals surface area contributed by atoms with E-state index in [1.807, 2.05) is 24.3 Å². The van der Waals surface area contributed by atoms with Crippen molar-refractivity contribution >= 4 is 27.8 Å². The summed E-state index contributed by atoms with van der Waals surface area (Å²) in [6.45, 7) is 1.10. The highest BCUT2D eigenvalue weighted by molar-refractivity contribution is 9.10. The normalized spacial score (nSPS) is 19.8. The number of nitrogens with one attached hydrogen (secondary N) is 1. The SMILES string of the molecule is O=C(O)C[C@H](NC(=O)[C@H]1CCCOC1)c1ccc(Br)cc1. The fourth-order valence-electron chi connectivity index (χ4n) is 2.36. The Labute approximate surface area is 131 Å². The molecule has 0 saturated carbocycles. The number of halogens is 1. The Morgan fingerprint density at radius 1 is 1.38 bits per heavy atom. The zero-order valence-electron chi connectivity index (χ0n) is 11.5. The molecule has 0 aliphatic carbocycles. The summed E-state index contributed by atoms with van der Waals surface area (Å²) in [6.07, 6.45) is 1.51. The van der Waals surface area contributed by atoms with Crippen molar-refractivity contribution < 1.29 is 19.4 Å². The van der Waals surface area contributed by atoms with Crippen molar-refractivity contribution in [2.45, 2.75) is 25.3 Å². The van der Waals surface area contributed by atoms with Gasteiger partial charge in [0.05, 0.1) is 25.0 Å². The van der Waals surface area contributed by atoms with Crippen LogP contribution in [-0.2, 0) is 14.3 Å². The van der Waals surface area contributed by atoms with Crippen LogP contribution in [0.4, 0.5) is 0 Å². The van der Waals surface area contributed by atoms with Crippen molar-refractivity contribution in [2.75, 3.05) is 13.2 Å². The summed E-state index contributed by atoms with van der Waals surface area (Å²) in [7, 11) is 0. The summed E-state index contributed by atoms with van der Waals surface area (Å²) >= 11 is 3.34. The fourth-order valence-corrected chi connectivity index (χ4v) is 2.62. The predicted molar refractivity (Wildman–Crippen MR) is 80.8 cm³/mol. The molecule has 0 spiro atoms. The quantitative estimate of drug-likeness (QED) is 0.850. The molecule has 1 saturated heterocycles. The lowest BCUT2D eigenvalue weighted by atomic mass is 9.98. The molecule has 21 heavy (non-hydrogen) atoms. The molecule has 1 fully saturated rings. The van der Waals surface area contributed by atoms with E-state index in [-0.39, 0.29) is 18.2 Å². The summed E-state index contributed by atoms with van der Waals surface area (Å²) in [5.74, 6) is -1.27. The Morgan fingerprint density at radius 3 is 2.67 bits per heavy atom. The second-order valence-corrected chi connectivity index (χ2v) is 6.04. The van der Waals surface area contributed by atoms with Crippen LogP contribution in [0.5, 0.6) is 0 Å². The van der Waals surface area contributed by atoms with Crippen molar-refractivity contribution in [3.63, 3.8) is 0 Å². The number of rotatable bonds is 5. The number of benzene rings is 1. The monoisotopic (exact) mass is 355 g/mol. The van der Waals surface area contributed by atoms with Gasteiger partial charge in [0, 0.05) is 11.1 Å². The summed E-state index contributed by atoms with van der Waals surface area (Å²) < 4.78 is 6.21. The van der Waals surface area contributed by atoms with Crippen LogP contribution >= 0.6 is 15.9 Å². The van der Waals surface area contributed by atoms with Crippen LogP contribution in [0.2, 0.25) is 0 Å². The number of ether oxygens (including phenoxy) is 1. The maximum absolute atomic E-state index is 12.2. The molecule has 2 N–H and O–H groups in total. The van der Waals surface area contributed by atoms with E-state index in [0.29, 0.717) is 13.2 Å². The first-order valence-corrected chi connectivity index (χ1v) is 7.71. The standard InChI is InChI=1S/C15H18BrNO4/c16-12-5-3-10(4-6-12)13(8-14(18)19)17-15(20)11-2-1-7-21-9-11/h3-6,11,13H,1-2,7-9H2,(H,17,20)(H,18,19)/t11-,13-/m0/s1. The smallest absolute Gasteiger partial charge is 0.305 e. The van der Waals surface area contributed by atoms with Crippen LogP contribution in [0, 0.1) is 5.92 Å². The number of amides is 1. The number of carboxylic acid groups (broad SMARTS) is 1. The Kier molecular flexibility index (Phi) is 5.76. The zero-order valence-corrected chi connectivity index (χ0v) is 13.1. The first kappa shape index (κ1) is 16.0. The topological polar surface area (TPSA) is 75.6 Å². The second kappa shape index (κ2) is 7.56. The highest BCUT2D eigenvalue weighted by Crippen LogP contribution is 2.22. The van der Waals surface area contributed by atoms with E-state index in [9.17, 15) is 9.59 Å². The number of carbonyl (C=O) groups is 2. The van der Waals surface area contributed by atoms with Gasteiger partial charge >= 0.3 is 5.97 Å². The van der Waals surface area contributed by atoms with E-state index in [0.717, 1.165) is 22.9 Å². The maximum atomic E-state index is 12.2. The molecule has 0 radical (unpaired) electrons. The average molecular weight is 356 g/mol. The van der Waals surface area contributed by atoms with Gasteiger partial charge in [-0.2, -0.15) is 0 Å².